The molecule has 2 aromatic carbocycles. The number of nitrogens with one attached hydrogen (secondary N) is 1. The van der Waals surface area contributed by atoms with Crippen molar-refractivity contribution in [2.45, 2.75) is 57.8 Å². The number of aromatic nitrogens is 6. The van der Waals surface area contributed by atoms with Crippen LogP contribution in [0.3, 0.4) is 0 Å². The lowest BCUT2D eigenvalue weighted by atomic mass is 9.89. The lowest BCUT2D eigenvalue weighted by Crippen LogP contribution is -2.43. The molecule has 240 valence electrons. The Balaban J connectivity index is 1.05. The minimum Gasteiger partial charge on any atom is -0.495 e. The predicted molar refractivity (Wildman–Crippen MR) is 183 cm³/mol. The van der Waals surface area contributed by atoms with Gasteiger partial charge in [0.15, 0.2) is 0 Å². The average molecular weight is 630 g/mol. The molecular weight excluding hydrogens is 590 g/mol. The molecule has 4 aromatic heterocycles. The summed E-state index contributed by atoms with van der Waals surface area (Å²) in [6.07, 6.45) is 10.1. The van der Waals surface area contributed by atoms with Crippen molar-refractivity contribution in [3.63, 3.8) is 0 Å². The zero-order chi connectivity index (χ0) is 32.2. The monoisotopic (exact) mass is 629 g/mol. The lowest BCUT2D eigenvalue weighted by Gasteiger charge is -2.39. The number of carbonyl (C=O) groups excluding carboxylic acids is 1. The summed E-state index contributed by atoms with van der Waals surface area (Å²) >= 11 is 0. The van der Waals surface area contributed by atoms with Gasteiger partial charge in [-0.1, -0.05) is 24.3 Å². The molecule has 6 aromatic rings. The number of para-hydroxylation sites is 1. The zero-order valence-corrected chi connectivity index (χ0v) is 27.0. The van der Waals surface area contributed by atoms with Crippen LogP contribution in [0.2, 0.25) is 0 Å². The fourth-order valence-electron chi connectivity index (χ4n) is 7.74. The van der Waals surface area contributed by atoms with Crippen LogP contribution < -0.4 is 15.8 Å². The van der Waals surface area contributed by atoms with Crippen LogP contribution in [0, 0.1) is 6.92 Å². The number of nitrogens with zero attached hydrogens (tertiary/aromatic N) is 7. The van der Waals surface area contributed by atoms with Crippen LogP contribution in [0.15, 0.2) is 67.3 Å². The van der Waals surface area contributed by atoms with Gasteiger partial charge in [-0.2, -0.15) is 0 Å². The molecule has 11 nitrogen and oxygen atoms in total. The van der Waals surface area contributed by atoms with E-state index in [1.807, 2.05) is 66.3 Å². The summed E-state index contributed by atoms with van der Waals surface area (Å²) in [6, 6.07) is 16.6. The number of amides is 1. The van der Waals surface area contributed by atoms with Crippen molar-refractivity contribution in [1.29, 1.82) is 0 Å². The summed E-state index contributed by atoms with van der Waals surface area (Å²) in [6.45, 7) is 5.14. The molecule has 0 spiro atoms. The van der Waals surface area contributed by atoms with Gasteiger partial charge in [0.1, 0.15) is 35.1 Å². The molecular formula is C36H39N9O2. The second-order valence-electron chi connectivity index (χ2n) is 12.8. The van der Waals surface area contributed by atoms with Gasteiger partial charge in [0.05, 0.1) is 23.9 Å². The molecule has 1 fully saturated rings. The van der Waals surface area contributed by atoms with E-state index in [0.29, 0.717) is 35.0 Å². The number of nitrogen functional groups attached to an aromatic ring is 1. The van der Waals surface area contributed by atoms with Gasteiger partial charge in [0, 0.05) is 67.6 Å². The van der Waals surface area contributed by atoms with Crippen LogP contribution >= 0.6 is 0 Å². The highest BCUT2D eigenvalue weighted by Crippen LogP contribution is 2.41. The van der Waals surface area contributed by atoms with E-state index in [-0.39, 0.29) is 5.91 Å². The maximum atomic E-state index is 13.4. The van der Waals surface area contributed by atoms with Gasteiger partial charge in [-0.3, -0.25) is 9.69 Å². The Morgan fingerprint density at radius 2 is 1.81 bits per heavy atom. The zero-order valence-electron chi connectivity index (χ0n) is 27.0. The molecule has 0 radical (unpaired) electrons. The number of methoxy groups -OCH3 is 1. The van der Waals surface area contributed by atoms with Crippen molar-refractivity contribution in [2.75, 3.05) is 24.7 Å². The topological polar surface area (TPSA) is 121 Å². The highest BCUT2D eigenvalue weighted by molar-refractivity contribution is 6.07. The third-order valence-corrected chi connectivity index (χ3v) is 10.3. The van der Waals surface area contributed by atoms with E-state index < -0.39 is 0 Å². The Labute approximate surface area is 273 Å². The minimum absolute atomic E-state index is 0.204. The molecule has 2 aliphatic rings. The summed E-state index contributed by atoms with van der Waals surface area (Å²) in [5, 5.41) is 4.91. The molecule has 8 rings (SSSR count). The van der Waals surface area contributed by atoms with Crippen molar-refractivity contribution in [2.24, 2.45) is 7.05 Å². The molecule has 1 amide bonds. The number of anilines is 2. The van der Waals surface area contributed by atoms with E-state index in [4.69, 9.17) is 15.5 Å². The largest absolute Gasteiger partial charge is 0.495 e. The van der Waals surface area contributed by atoms with Crippen molar-refractivity contribution < 1.29 is 9.53 Å². The Bertz CT molecular complexity index is 2130. The third-order valence-electron chi connectivity index (χ3n) is 10.3. The molecule has 3 N–H and O–H groups in total. The molecule has 1 aliphatic carbocycles. The molecule has 1 saturated carbocycles. The van der Waals surface area contributed by atoms with Crippen molar-refractivity contribution in [3.05, 3.63) is 84.5 Å². The van der Waals surface area contributed by atoms with Crippen LogP contribution in [-0.4, -0.2) is 59.2 Å². The fourth-order valence-corrected chi connectivity index (χ4v) is 7.74. The number of hydrogen-bond donors (Lipinski definition) is 2. The normalized spacial score (nSPS) is 18.4. The van der Waals surface area contributed by atoms with Crippen LogP contribution in [0.4, 0.5) is 11.5 Å². The molecule has 47 heavy (non-hydrogen) atoms. The van der Waals surface area contributed by atoms with Crippen molar-refractivity contribution >= 4 is 39.3 Å². The van der Waals surface area contributed by atoms with Crippen LogP contribution in [-0.2, 0) is 20.1 Å². The van der Waals surface area contributed by atoms with E-state index in [0.717, 1.165) is 84.2 Å². The summed E-state index contributed by atoms with van der Waals surface area (Å²) < 4.78 is 12.3. The third kappa shape index (κ3) is 5.01. The quantitative estimate of drug-likeness (QED) is 0.234. The number of aryl methyl sites for hydroxylation is 2. The van der Waals surface area contributed by atoms with Gasteiger partial charge in [0.2, 0.25) is 0 Å². The van der Waals surface area contributed by atoms with E-state index in [1.165, 1.54) is 5.69 Å². The van der Waals surface area contributed by atoms with E-state index >= 15 is 0 Å². The molecule has 0 unspecified atom stereocenters. The van der Waals surface area contributed by atoms with Gasteiger partial charge in [-0.15, -0.1) is 0 Å². The van der Waals surface area contributed by atoms with Gasteiger partial charge in [0.25, 0.3) is 5.91 Å². The summed E-state index contributed by atoms with van der Waals surface area (Å²) in [5.74, 6) is 1.91. The summed E-state index contributed by atoms with van der Waals surface area (Å²) in [4.78, 5) is 29.6. The van der Waals surface area contributed by atoms with Gasteiger partial charge >= 0.3 is 0 Å². The van der Waals surface area contributed by atoms with Crippen LogP contribution in [0.5, 0.6) is 5.75 Å². The maximum absolute atomic E-state index is 13.4. The first-order valence-corrected chi connectivity index (χ1v) is 16.3. The fraction of sp³-hybridized carbons (Fsp3) is 0.333. The average Bonchev–Trinajstić information content (AvgIpc) is 3.78. The number of nitrogens with two attached hydrogens (primary N) is 1. The first-order valence-electron chi connectivity index (χ1n) is 16.3. The molecule has 11 heteroatoms. The maximum Gasteiger partial charge on any atom is 0.272 e. The molecule has 1 aliphatic heterocycles. The minimum atomic E-state index is -0.204. The SMILES string of the molecule is COc1cc(-c2cn([C@H]3CC[C@@H](N4CCn5c(cnc5C)C4)CC3)c3ncnc(N)c23)ccc1NC(=O)c1cc2ccccc2n1C. The molecule has 0 atom stereocenters. The second-order valence-corrected chi connectivity index (χ2v) is 12.8. The smallest absolute Gasteiger partial charge is 0.272 e. The van der Waals surface area contributed by atoms with Crippen LogP contribution in [0.25, 0.3) is 33.1 Å². The number of fused-ring (bicyclic) bond motifs is 3. The predicted octanol–water partition coefficient (Wildman–Crippen LogP) is 5.94. The number of imidazole rings is 1. The van der Waals surface area contributed by atoms with E-state index in [1.54, 1.807) is 13.4 Å². The Morgan fingerprint density at radius 3 is 2.62 bits per heavy atom. The van der Waals surface area contributed by atoms with E-state index in [2.05, 4.69) is 42.4 Å². The van der Waals surface area contributed by atoms with Crippen LogP contribution in [0.1, 0.15) is 53.7 Å². The van der Waals surface area contributed by atoms with Crippen molar-refractivity contribution in [1.82, 2.24) is 33.6 Å². The standard InChI is InChI=1S/C36H39N9O2/c1-22-38-18-27-19-43(14-15-44(22)27)25-9-11-26(12-10-25)45-20-28(33-34(37)39-21-40-35(33)45)23-8-13-29(32(17-23)47-3)41-36(46)31-16-24-6-4-5-7-30(24)42(31)2/h4-8,13,16-18,20-21,25-26H,9-12,14-15,19H2,1-3H3,(H,41,46)(H2,37,39,40)/t25-,26+. The number of rotatable bonds is 6. The van der Waals surface area contributed by atoms with Gasteiger partial charge in [-0.05, 0) is 62.4 Å². The summed E-state index contributed by atoms with van der Waals surface area (Å²) in [7, 11) is 3.51. The number of carbonyl (C=O) groups is 1. The Morgan fingerprint density at radius 1 is 1.00 bits per heavy atom. The number of benzene rings is 2. The van der Waals surface area contributed by atoms with Crippen molar-refractivity contribution in [3.8, 4) is 16.9 Å². The highest BCUT2D eigenvalue weighted by atomic mass is 16.5. The Hall–Kier alpha value is -5.16. The summed E-state index contributed by atoms with van der Waals surface area (Å²) in [5.41, 5.74) is 12.7. The number of hydrogen-bond acceptors (Lipinski definition) is 7. The molecule has 0 saturated heterocycles. The number of ether oxygens (including phenoxy) is 1. The van der Waals surface area contributed by atoms with Gasteiger partial charge < -0.3 is 29.5 Å². The van der Waals surface area contributed by atoms with Gasteiger partial charge in [-0.25, -0.2) is 15.0 Å². The first kappa shape index (κ1) is 29.3. The highest BCUT2D eigenvalue weighted by Gasteiger charge is 2.31. The molecule has 5 heterocycles. The second kappa shape index (κ2) is 11.6. The Kier molecular flexibility index (Phi) is 7.20. The van der Waals surface area contributed by atoms with E-state index in [9.17, 15) is 4.79 Å². The first-order chi connectivity index (χ1) is 22.9. The molecule has 0 bridgehead atoms. The lowest BCUT2D eigenvalue weighted by molar-refractivity contribution is 0.101.